The van der Waals surface area contributed by atoms with Crippen LogP contribution in [0.25, 0.3) is 0 Å². The second kappa shape index (κ2) is 8.02. The molecule has 140 valence electrons. The van der Waals surface area contributed by atoms with Crippen LogP contribution in [0.2, 0.25) is 10.0 Å². The second-order valence-corrected chi connectivity index (χ2v) is 9.58. The lowest BCUT2D eigenvalue weighted by Gasteiger charge is -2.36. The monoisotopic (exact) mass is 477 g/mol. The summed E-state index contributed by atoms with van der Waals surface area (Å²) < 4.78 is 28.6. The van der Waals surface area contributed by atoms with E-state index in [2.05, 4.69) is 20.9 Å². The third-order valence-electron chi connectivity index (χ3n) is 4.40. The summed E-state index contributed by atoms with van der Waals surface area (Å²) in [6.07, 6.45) is 3.73. The number of aromatic nitrogens is 1. The summed E-state index contributed by atoms with van der Waals surface area (Å²) in [5.74, 6) is 0. The Morgan fingerprint density at radius 3 is 2.31 bits per heavy atom. The van der Waals surface area contributed by atoms with E-state index in [1.807, 2.05) is 17.9 Å². The van der Waals surface area contributed by atoms with E-state index in [9.17, 15) is 8.42 Å². The SMILES string of the molecule is CCc1cc(Br)ccc1S(=O)(=O)N1CCN(c2c(Cl)cncc2Cl)CC1. The first-order valence-corrected chi connectivity index (χ1v) is 11.2. The van der Waals surface area contributed by atoms with Crippen LogP contribution in [0.3, 0.4) is 0 Å². The van der Waals surface area contributed by atoms with Crippen LogP contribution >= 0.6 is 39.1 Å². The molecule has 0 saturated carbocycles. The molecule has 26 heavy (non-hydrogen) atoms. The maximum atomic E-state index is 13.1. The van der Waals surface area contributed by atoms with E-state index in [1.54, 1.807) is 24.5 Å². The fourth-order valence-corrected chi connectivity index (χ4v) is 5.78. The highest BCUT2D eigenvalue weighted by molar-refractivity contribution is 9.10. The topological polar surface area (TPSA) is 53.5 Å². The average molecular weight is 479 g/mol. The molecule has 0 spiro atoms. The number of rotatable bonds is 4. The van der Waals surface area contributed by atoms with Crippen LogP contribution < -0.4 is 4.90 Å². The van der Waals surface area contributed by atoms with Crippen molar-refractivity contribution in [1.29, 1.82) is 0 Å². The molecule has 1 aromatic carbocycles. The van der Waals surface area contributed by atoms with Crippen LogP contribution in [-0.2, 0) is 16.4 Å². The number of aryl methyl sites for hydroxylation is 1. The number of sulfonamides is 1. The largest absolute Gasteiger partial charge is 0.366 e. The Labute approximate surface area is 172 Å². The number of piperazine rings is 1. The Kier molecular flexibility index (Phi) is 6.14. The molecule has 5 nitrogen and oxygen atoms in total. The van der Waals surface area contributed by atoms with Crippen LogP contribution in [0.5, 0.6) is 0 Å². The summed E-state index contributed by atoms with van der Waals surface area (Å²) in [6, 6.07) is 5.29. The van der Waals surface area contributed by atoms with Crippen molar-refractivity contribution in [2.24, 2.45) is 0 Å². The van der Waals surface area contributed by atoms with Crippen LogP contribution in [0.1, 0.15) is 12.5 Å². The highest BCUT2D eigenvalue weighted by atomic mass is 79.9. The molecule has 0 bridgehead atoms. The van der Waals surface area contributed by atoms with Gasteiger partial charge in [-0.15, -0.1) is 0 Å². The molecule has 3 rings (SSSR count). The zero-order valence-electron chi connectivity index (χ0n) is 14.1. The highest BCUT2D eigenvalue weighted by Gasteiger charge is 2.31. The molecule has 1 aliphatic heterocycles. The number of halogens is 3. The molecule has 1 fully saturated rings. The molecule has 0 unspecified atom stereocenters. The van der Waals surface area contributed by atoms with Crippen molar-refractivity contribution >= 4 is 54.8 Å². The highest BCUT2D eigenvalue weighted by Crippen LogP contribution is 2.34. The van der Waals surface area contributed by atoms with Gasteiger partial charge in [-0.05, 0) is 30.2 Å². The van der Waals surface area contributed by atoms with Crippen LogP contribution in [-0.4, -0.2) is 43.9 Å². The predicted molar refractivity (Wildman–Crippen MR) is 109 cm³/mol. The Hall–Kier alpha value is -0.860. The van der Waals surface area contributed by atoms with E-state index >= 15 is 0 Å². The summed E-state index contributed by atoms with van der Waals surface area (Å²) in [5, 5.41) is 0.935. The number of hydrogen-bond acceptors (Lipinski definition) is 4. The van der Waals surface area contributed by atoms with E-state index in [1.165, 1.54) is 4.31 Å². The van der Waals surface area contributed by atoms with Crippen molar-refractivity contribution in [2.75, 3.05) is 31.1 Å². The van der Waals surface area contributed by atoms with Crippen LogP contribution in [0.4, 0.5) is 5.69 Å². The van der Waals surface area contributed by atoms with E-state index in [0.29, 0.717) is 53.2 Å². The van der Waals surface area contributed by atoms with Crippen LogP contribution in [0.15, 0.2) is 40.0 Å². The zero-order chi connectivity index (χ0) is 18.9. The van der Waals surface area contributed by atoms with Crippen molar-refractivity contribution in [3.8, 4) is 0 Å². The fourth-order valence-electron chi connectivity index (χ4n) is 3.07. The van der Waals surface area contributed by atoms with E-state index in [0.717, 1.165) is 10.0 Å². The predicted octanol–water partition coefficient (Wildman–Crippen LogP) is 4.22. The molecule has 1 aliphatic rings. The summed E-state index contributed by atoms with van der Waals surface area (Å²) in [6.45, 7) is 3.72. The molecular formula is C17H18BrCl2N3O2S. The Morgan fingerprint density at radius 2 is 1.73 bits per heavy atom. The number of pyridine rings is 1. The minimum absolute atomic E-state index is 0.372. The van der Waals surface area contributed by atoms with Gasteiger partial charge in [0.05, 0.1) is 20.6 Å². The van der Waals surface area contributed by atoms with Crippen molar-refractivity contribution in [3.63, 3.8) is 0 Å². The summed E-state index contributed by atoms with van der Waals surface area (Å²) in [7, 11) is -3.54. The smallest absolute Gasteiger partial charge is 0.243 e. The van der Waals surface area contributed by atoms with Gasteiger partial charge in [-0.25, -0.2) is 8.42 Å². The van der Waals surface area contributed by atoms with Gasteiger partial charge in [0, 0.05) is 43.0 Å². The van der Waals surface area contributed by atoms with Crippen molar-refractivity contribution in [2.45, 2.75) is 18.2 Å². The maximum absolute atomic E-state index is 13.1. The standard InChI is InChI=1S/C17H18BrCl2N3O2S/c1-2-12-9-13(18)3-4-16(12)26(24,25)23-7-5-22(6-8-23)17-14(19)10-21-11-15(17)20/h3-4,9-11H,2,5-8H2,1H3. The molecule has 0 aliphatic carbocycles. The summed E-state index contributed by atoms with van der Waals surface area (Å²) >= 11 is 15.8. The molecule has 0 atom stereocenters. The fraction of sp³-hybridized carbons (Fsp3) is 0.353. The van der Waals surface area contributed by atoms with Gasteiger partial charge in [-0.1, -0.05) is 46.1 Å². The molecule has 0 radical (unpaired) electrons. The normalized spacial score (nSPS) is 16.1. The third kappa shape index (κ3) is 3.87. The van der Waals surface area contributed by atoms with Gasteiger partial charge in [0.25, 0.3) is 0 Å². The number of benzene rings is 1. The molecule has 0 amide bonds. The molecule has 9 heteroatoms. The molecule has 1 aromatic heterocycles. The van der Waals surface area contributed by atoms with Gasteiger partial charge in [-0.2, -0.15) is 4.31 Å². The molecule has 0 N–H and O–H groups in total. The first-order chi connectivity index (χ1) is 12.3. The van der Waals surface area contributed by atoms with Gasteiger partial charge in [0.2, 0.25) is 10.0 Å². The summed E-state index contributed by atoms with van der Waals surface area (Å²) in [4.78, 5) is 6.33. The molecule has 1 saturated heterocycles. The van der Waals surface area contributed by atoms with Crippen molar-refractivity contribution in [1.82, 2.24) is 9.29 Å². The minimum Gasteiger partial charge on any atom is -0.366 e. The maximum Gasteiger partial charge on any atom is 0.243 e. The quantitative estimate of drug-likeness (QED) is 0.659. The van der Waals surface area contributed by atoms with Gasteiger partial charge in [0.1, 0.15) is 0 Å². The van der Waals surface area contributed by atoms with Gasteiger partial charge in [-0.3, -0.25) is 4.98 Å². The lowest BCUT2D eigenvalue weighted by Crippen LogP contribution is -2.49. The average Bonchev–Trinajstić information content (AvgIpc) is 2.61. The Bertz CT molecular complexity index is 896. The van der Waals surface area contributed by atoms with Crippen molar-refractivity contribution < 1.29 is 8.42 Å². The number of hydrogen-bond donors (Lipinski definition) is 0. The lowest BCUT2D eigenvalue weighted by molar-refractivity contribution is 0.384. The zero-order valence-corrected chi connectivity index (χ0v) is 18.0. The molecular weight excluding hydrogens is 461 g/mol. The summed E-state index contributed by atoms with van der Waals surface area (Å²) in [5.41, 5.74) is 1.51. The Balaban J connectivity index is 1.81. The third-order valence-corrected chi connectivity index (χ3v) is 7.45. The lowest BCUT2D eigenvalue weighted by atomic mass is 10.2. The number of nitrogens with zero attached hydrogens (tertiary/aromatic N) is 3. The first kappa shape index (κ1) is 19.9. The van der Waals surface area contributed by atoms with Crippen LogP contribution in [0, 0.1) is 0 Å². The van der Waals surface area contributed by atoms with E-state index in [4.69, 9.17) is 23.2 Å². The van der Waals surface area contributed by atoms with Gasteiger partial charge >= 0.3 is 0 Å². The Morgan fingerprint density at radius 1 is 1.12 bits per heavy atom. The minimum atomic E-state index is -3.54. The second-order valence-electron chi connectivity index (χ2n) is 5.95. The van der Waals surface area contributed by atoms with E-state index in [-0.39, 0.29) is 0 Å². The van der Waals surface area contributed by atoms with E-state index < -0.39 is 10.0 Å². The molecule has 2 aromatic rings. The first-order valence-electron chi connectivity index (χ1n) is 8.17. The van der Waals surface area contributed by atoms with Gasteiger partial charge in [0.15, 0.2) is 0 Å². The number of anilines is 1. The van der Waals surface area contributed by atoms with Gasteiger partial charge < -0.3 is 4.90 Å². The van der Waals surface area contributed by atoms with Crippen molar-refractivity contribution in [3.05, 3.63) is 50.7 Å². The molecule has 2 heterocycles.